The average molecular weight is 343 g/mol. The van der Waals surface area contributed by atoms with Crippen molar-refractivity contribution in [3.8, 4) is 0 Å². The zero-order chi connectivity index (χ0) is 17.8. The van der Waals surface area contributed by atoms with Crippen LogP contribution in [0.3, 0.4) is 0 Å². The van der Waals surface area contributed by atoms with Crippen LogP contribution in [0.4, 0.5) is 10.1 Å². The van der Waals surface area contributed by atoms with Crippen LogP contribution >= 0.6 is 0 Å². The largest absolute Gasteiger partial charge is 0.371 e. The first-order valence-corrected chi connectivity index (χ1v) is 8.57. The van der Waals surface area contributed by atoms with Crippen LogP contribution in [-0.2, 0) is 6.42 Å². The maximum atomic E-state index is 13.0. The summed E-state index contributed by atoms with van der Waals surface area (Å²) in [5.41, 5.74) is 1.89. The summed E-state index contributed by atoms with van der Waals surface area (Å²) in [6, 6.07) is 9.52. The second-order valence-corrected chi connectivity index (χ2v) is 6.40. The molecule has 132 valence electrons. The number of rotatable bonds is 5. The van der Waals surface area contributed by atoms with Crippen molar-refractivity contribution in [1.29, 1.82) is 0 Å². The molecule has 1 saturated heterocycles. The summed E-state index contributed by atoms with van der Waals surface area (Å²) in [5, 5.41) is 2.92. The van der Waals surface area contributed by atoms with E-state index in [4.69, 9.17) is 0 Å². The molecule has 1 atom stereocenters. The number of H-pyrrole nitrogens is 1. The average Bonchev–Trinajstić information content (AvgIpc) is 3.08. The molecule has 1 aromatic heterocycles. The maximum Gasteiger partial charge on any atom is 0.251 e. The number of aromatic amines is 1. The topological polar surface area (TPSA) is 65.2 Å². The predicted octanol–water partition coefficient (Wildman–Crippen LogP) is 2.33. The molecule has 5 nitrogen and oxygen atoms in total. The molecule has 0 spiro atoms. The molecule has 2 heterocycles. The van der Waals surface area contributed by atoms with E-state index in [1.807, 2.05) is 6.92 Å². The Morgan fingerprint density at radius 2 is 2.08 bits per heavy atom. The SMILES string of the molecule is CCc1cc(C(=O)NCC2CCN(c3ccc(F)cc3)C2)cc(=O)[nH]1. The fourth-order valence-electron chi connectivity index (χ4n) is 3.15. The van der Waals surface area contributed by atoms with Crippen molar-refractivity contribution in [2.75, 3.05) is 24.5 Å². The molecule has 1 aromatic carbocycles. The minimum atomic E-state index is -0.257. The molecular formula is C19H22FN3O2. The Morgan fingerprint density at radius 3 is 2.80 bits per heavy atom. The first-order chi connectivity index (χ1) is 12.0. The lowest BCUT2D eigenvalue weighted by molar-refractivity contribution is 0.0948. The lowest BCUT2D eigenvalue weighted by Crippen LogP contribution is -2.31. The van der Waals surface area contributed by atoms with Gasteiger partial charge >= 0.3 is 0 Å². The van der Waals surface area contributed by atoms with Crippen LogP contribution in [0, 0.1) is 11.7 Å². The van der Waals surface area contributed by atoms with Gasteiger partial charge in [0.05, 0.1) is 0 Å². The number of benzene rings is 1. The second kappa shape index (κ2) is 7.51. The molecule has 25 heavy (non-hydrogen) atoms. The third-order valence-electron chi connectivity index (χ3n) is 4.57. The number of hydrogen-bond acceptors (Lipinski definition) is 3. The summed E-state index contributed by atoms with van der Waals surface area (Å²) >= 11 is 0. The Morgan fingerprint density at radius 1 is 1.32 bits per heavy atom. The molecule has 1 unspecified atom stereocenters. The van der Waals surface area contributed by atoms with Gasteiger partial charge in [0.25, 0.3) is 5.91 Å². The molecule has 1 aliphatic rings. The molecule has 0 radical (unpaired) electrons. The number of halogens is 1. The Labute approximate surface area is 145 Å². The third-order valence-corrected chi connectivity index (χ3v) is 4.57. The summed E-state index contributed by atoms with van der Waals surface area (Å²) in [4.78, 5) is 28.8. The molecule has 2 aromatic rings. The van der Waals surface area contributed by atoms with E-state index in [0.29, 0.717) is 24.4 Å². The first-order valence-electron chi connectivity index (χ1n) is 8.57. The molecule has 3 rings (SSSR count). The fraction of sp³-hybridized carbons (Fsp3) is 0.368. The van der Waals surface area contributed by atoms with E-state index in [0.717, 1.165) is 30.9 Å². The highest BCUT2D eigenvalue weighted by Crippen LogP contribution is 2.23. The van der Waals surface area contributed by atoms with Crippen LogP contribution in [-0.4, -0.2) is 30.5 Å². The molecule has 1 amide bonds. The first kappa shape index (κ1) is 17.2. The zero-order valence-electron chi connectivity index (χ0n) is 14.2. The van der Waals surface area contributed by atoms with E-state index in [1.54, 1.807) is 18.2 Å². The van der Waals surface area contributed by atoms with E-state index >= 15 is 0 Å². The smallest absolute Gasteiger partial charge is 0.251 e. The third kappa shape index (κ3) is 4.26. The fourth-order valence-corrected chi connectivity index (χ4v) is 3.15. The van der Waals surface area contributed by atoms with Crippen molar-refractivity contribution in [3.05, 3.63) is 63.8 Å². The monoisotopic (exact) mass is 343 g/mol. The Balaban J connectivity index is 1.55. The highest BCUT2D eigenvalue weighted by molar-refractivity contribution is 5.94. The Hall–Kier alpha value is -2.63. The van der Waals surface area contributed by atoms with Crippen LogP contribution in [0.1, 0.15) is 29.4 Å². The van der Waals surface area contributed by atoms with Crippen molar-refractivity contribution < 1.29 is 9.18 Å². The summed E-state index contributed by atoms with van der Waals surface area (Å²) < 4.78 is 13.0. The maximum absolute atomic E-state index is 13.0. The van der Waals surface area contributed by atoms with E-state index < -0.39 is 0 Å². The van der Waals surface area contributed by atoms with Gasteiger partial charge in [0.2, 0.25) is 5.56 Å². The molecule has 6 heteroatoms. The van der Waals surface area contributed by atoms with Gasteiger partial charge in [-0.05, 0) is 49.1 Å². The van der Waals surface area contributed by atoms with Gasteiger partial charge in [0, 0.05) is 42.6 Å². The number of hydrogen-bond donors (Lipinski definition) is 2. The Bertz CT molecular complexity index is 801. The van der Waals surface area contributed by atoms with Crippen LogP contribution in [0.5, 0.6) is 0 Å². The number of anilines is 1. The van der Waals surface area contributed by atoms with Gasteiger partial charge in [-0.1, -0.05) is 6.92 Å². The quantitative estimate of drug-likeness (QED) is 0.876. The van der Waals surface area contributed by atoms with Crippen molar-refractivity contribution >= 4 is 11.6 Å². The number of nitrogens with zero attached hydrogens (tertiary/aromatic N) is 1. The van der Waals surface area contributed by atoms with Crippen molar-refractivity contribution in [2.24, 2.45) is 5.92 Å². The van der Waals surface area contributed by atoms with Gasteiger partial charge in [0.1, 0.15) is 5.82 Å². The minimum absolute atomic E-state index is 0.221. The van der Waals surface area contributed by atoms with E-state index in [-0.39, 0.29) is 17.3 Å². The molecule has 2 N–H and O–H groups in total. The van der Waals surface area contributed by atoms with Gasteiger partial charge < -0.3 is 15.2 Å². The lowest BCUT2D eigenvalue weighted by Gasteiger charge is -2.18. The van der Waals surface area contributed by atoms with Gasteiger partial charge in [-0.15, -0.1) is 0 Å². The molecular weight excluding hydrogens is 321 g/mol. The van der Waals surface area contributed by atoms with Crippen molar-refractivity contribution in [3.63, 3.8) is 0 Å². The zero-order valence-corrected chi connectivity index (χ0v) is 14.2. The standard InChI is InChI=1S/C19H22FN3O2/c1-2-16-9-14(10-18(24)22-16)19(25)21-11-13-7-8-23(12-13)17-5-3-15(20)4-6-17/h3-6,9-10,13H,2,7-8,11-12H2,1H3,(H,21,25)(H,22,24). The number of aryl methyl sites for hydroxylation is 1. The number of pyridine rings is 1. The van der Waals surface area contributed by atoms with E-state index in [1.165, 1.54) is 18.2 Å². The number of nitrogens with one attached hydrogen (secondary N) is 2. The minimum Gasteiger partial charge on any atom is -0.371 e. The predicted molar refractivity (Wildman–Crippen MR) is 95.5 cm³/mol. The normalized spacial score (nSPS) is 16.9. The van der Waals surface area contributed by atoms with Crippen molar-refractivity contribution in [1.82, 2.24) is 10.3 Å². The number of carbonyl (C=O) groups excluding carboxylic acids is 1. The van der Waals surface area contributed by atoms with Crippen LogP contribution in [0.15, 0.2) is 41.2 Å². The van der Waals surface area contributed by atoms with E-state index in [9.17, 15) is 14.0 Å². The molecule has 1 fully saturated rings. The second-order valence-electron chi connectivity index (χ2n) is 6.40. The lowest BCUT2D eigenvalue weighted by atomic mass is 10.1. The Kier molecular flexibility index (Phi) is 5.16. The van der Waals surface area contributed by atoms with Crippen LogP contribution in [0.2, 0.25) is 0 Å². The summed E-state index contributed by atoms with van der Waals surface area (Å²) in [6.07, 6.45) is 1.64. The van der Waals surface area contributed by atoms with Gasteiger partial charge in [-0.2, -0.15) is 0 Å². The van der Waals surface area contributed by atoms with Crippen molar-refractivity contribution in [2.45, 2.75) is 19.8 Å². The number of amides is 1. The van der Waals surface area contributed by atoms with Crippen LogP contribution in [0.25, 0.3) is 0 Å². The van der Waals surface area contributed by atoms with Gasteiger partial charge in [0.15, 0.2) is 0 Å². The summed E-state index contributed by atoms with van der Waals surface area (Å²) in [5.74, 6) is -0.126. The number of carbonyl (C=O) groups is 1. The molecule has 0 bridgehead atoms. The molecule has 1 aliphatic heterocycles. The molecule has 0 saturated carbocycles. The number of aromatic nitrogens is 1. The molecule has 0 aliphatic carbocycles. The summed E-state index contributed by atoms with van der Waals surface area (Å²) in [6.45, 7) is 4.19. The highest BCUT2D eigenvalue weighted by atomic mass is 19.1. The highest BCUT2D eigenvalue weighted by Gasteiger charge is 2.23. The van der Waals surface area contributed by atoms with Gasteiger partial charge in [-0.3, -0.25) is 9.59 Å². The van der Waals surface area contributed by atoms with E-state index in [2.05, 4.69) is 15.2 Å². The van der Waals surface area contributed by atoms with Crippen LogP contribution < -0.4 is 15.8 Å². The van der Waals surface area contributed by atoms with Gasteiger partial charge in [-0.25, -0.2) is 4.39 Å². The summed E-state index contributed by atoms with van der Waals surface area (Å²) in [7, 11) is 0.